The van der Waals surface area contributed by atoms with Gasteiger partial charge in [0.2, 0.25) is 11.7 Å². The zero-order valence-electron chi connectivity index (χ0n) is 18.8. The number of benzene rings is 1. The first-order chi connectivity index (χ1) is 16.2. The van der Waals surface area contributed by atoms with E-state index in [2.05, 4.69) is 24.9 Å². The minimum absolute atomic E-state index is 0.0147. The van der Waals surface area contributed by atoms with Gasteiger partial charge in [-0.2, -0.15) is 18.2 Å². The molecular formula is C23H26F3N5O3. The Morgan fingerprint density at radius 2 is 1.97 bits per heavy atom. The number of amides is 2. The summed E-state index contributed by atoms with van der Waals surface area (Å²) < 4.78 is 42.8. The van der Waals surface area contributed by atoms with Crippen LogP contribution in [-0.2, 0) is 17.5 Å². The summed E-state index contributed by atoms with van der Waals surface area (Å²) in [5.41, 5.74) is 1.49. The van der Waals surface area contributed by atoms with Crippen LogP contribution in [0.5, 0.6) is 0 Å². The van der Waals surface area contributed by atoms with Gasteiger partial charge in [0.1, 0.15) is 0 Å². The highest BCUT2D eigenvalue weighted by Crippen LogP contribution is 2.34. The molecule has 3 atom stereocenters. The van der Waals surface area contributed by atoms with Gasteiger partial charge in [0.05, 0.1) is 12.1 Å². The second-order valence-corrected chi connectivity index (χ2v) is 9.33. The van der Waals surface area contributed by atoms with Gasteiger partial charge in [0.15, 0.2) is 0 Å². The minimum Gasteiger partial charge on any atom is -0.350 e. The molecular weight excluding hydrogens is 451 g/mol. The molecule has 8 nitrogen and oxygen atoms in total. The van der Waals surface area contributed by atoms with Crippen LogP contribution in [0, 0.1) is 0 Å². The number of hydrogen-bond acceptors (Lipinski definition) is 6. The summed E-state index contributed by atoms with van der Waals surface area (Å²) in [7, 11) is 1.95. The summed E-state index contributed by atoms with van der Waals surface area (Å²) in [6, 6.07) is 4.45. The highest BCUT2D eigenvalue weighted by molar-refractivity contribution is 5.99. The number of rotatable bonds is 4. The molecule has 3 aliphatic rings. The smallest absolute Gasteiger partial charge is 0.350 e. The van der Waals surface area contributed by atoms with Crippen LogP contribution in [-0.4, -0.2) is 63.5 Å². The number of nitrogens with zero attached hydrogens (tertiary/aromatic N) is 4. The van der Waals surface area contributed by atoms with Gasteiger partial charge in [-0.15, -0.1) is 0 Å². The lowest BCUT2D eigenvalue weighted by molar-refractivity contribution is -0.159. The number of hydrogen-bond donors (Lipinski definition) is 1. The highest BCUT2D eigenvalue weighted by atomic mass is 19.4. The molecule has 0 bridgehead atoms. The minimum atomic E-state index is -4.73. The second kappa shape index (κ2) is 8.68. The van der Waals surface area contributed by atoms with E-state index in [4.69, 9.17) is 0 Å². The summed E-state index contributed by atoms with van der Waals surface area (Å²) in [5, 5.41) is 6.62. The number of carbonyl (C=O) groups excluding carboxylic acids is 2. The van der Waals surface area contributed by atoms with Gasteiger partial charge >= 0.3 is 12.1 Å². The van der Waals surface area contributed by atoms with Crippen LogP contribution in [0.2, 0.25) is 0 Å². The second-order valence-electron chi connectivity index (χ2n) is 9.33. The fourth-order valence-corrected chi connectivity index (χ4v) is 5.36. The molecule has 2 aromatic rings. The molecule has 2 amide bonds. The molecule has 3 heterocycles. The highest BCUT2D eigenvalue weighted by Gasteiger charge is 2.41. The van der Waals surface area contributed by atoms with Crippen molar-refractivity contribution in [3.05, 3.63) is 35.2 Å². The maximum Gasteiger partial charge on any atom is 0.471 e. The molecule has 34 heavy (non-hydrogen) atoms. The topological polar surface area (TPSA) is 91.6 Å². The molecule has 1 saturated heterocycles. The largest absolute Gasteiger partial charge is 0.471 e. The van der Waals surface area contributed by atoms with Gasteiger partial charge in [-0.3, -0.25) is 14.5 Å². The molecule has 0 spiro atoms. The molecule has 2 aliphatic heterocycles. The molecule has 0 unspecified atom stereocenters. The number of fused-ring (bicyclic) bond motifs is 1. The van der Waals surface area contributed by atoms with Crippen molar-refractivity contribution >= 4 is 11.8 Å². The molecule has 1 aliphatic carbocycles. The predicted octanol–water partition coefficient (Wildman–Crippen LogP) is 3.23. The van der Waals surface area contributed by atoms with E-state index in [1.807, 2.05) is 7.05 Å². The average molecular weight is 477 g/mol. The van der Waals surface area contributed by atoms with Crippen molar-refractivity contribution < 1.29 is 27.3 Å². The standard InChI is InChI=1S/C23H26F3N5O3/c1-30-10-4-7-18(30)20(32)27-16-5-2-3-6-17(16)31-12-14-9-8-13(11-15(14)21(31)33)19-28-22(34-29-19)23(24,25)26/h8-9,11,16-18H,2-7,10,12H2,1H3,(H,27,32)/t16-,17-,18+/m1/s1. The number of alkyl halides is 3. The Hall–Kier alpha value is -2.95. The molecule has 5 rings (SSSR count). The molecule has 2 fully saturated rings. The van der Waals surface area contributed by atoms with E-state index in [9.17, 15) is 22.8 Å². The Bertz CT molecular complexity index is 1100. The average Bonchev–Trinajstić information content (AvgIpc) is 3.53. The number of likely N-dealkylation sites (tertiary alicyclic amines) is 1. The van der Waals surface area contributed by atoms with Crippen molar-refractivity contribution in [3.8, 4) is 11.4 Å². The first-order valence-corrected chi connectivity index (χ1v) is 11.6. The third-order valence-corrected chi connectivity index (χ3v) is 7.15. The lowest BCUT2D eigenvalue weighted by atomic mass is 9.89. The summed E-state index contributed by atoms with van der Waals surface area (Å²) in [6.45, 7) is 1.30. The van der Waals surface area contributed by atoms with Crippen LogP contribution in [0.15, 0.2) is 22.7 Å². The van der Waals surface area contributed by atoms with Gasteiger partial charge < -0.3 is 14.7 Å². The van der Waals surface area contributed by atoms with Crippen molar-refractivity contribution in [2.45, 2.75) is 69.4 Å². The van der Waals surface area contributed by atoms with E-state index < -0.39 is 12.1 Å². The Balaban J connectivity index is 1.34. The first-order valence-electron chi connectivity index (χ1n) is 11.6. The molecule has 182 valence electrons. The van der Waals surface area contributed by atoms with Crippen LogP contribution in [0.1, 0.15) is 60.3 Å². The van der Waals surface area contributed by atoms with Gasteiger partial charge in [-0.05, 0) is 50.9 Å². The fraction of sp³-hybridized carbons (Fsp3) is 0.565. The maximum absolute atomic E-state index is 13.3. The summed E-state index contributed by atoms with van der Waals surface area (Å²) >= 11 is 0. The van der Waals surface area contributed by atoms with Crippen LogP contribution < -0.4 is 5.32 Å². The van der Waals surface area contributed by atoms with Crippen LogP contribution in [0.25, 0.3) is 11.4 Å². The quantitative estimate of drug-likeness (QED) is 0.727. The zero-order chi connectivity index (χ0) is 24.0. The van der Waals surface area contributed by atoms with E-state index in [1.54, 1.807) is 17.0 Å². The van der Waals surface area contributed by atoms with Crippen LogP contribution >= 0.6 is 0 Å². The molecule has 11 heteroatoms. The monoisotopic (exact) mass is 477 g/mol. The number of likely N-dealkylation sites (N-methyl/N-ethyl adjacent to an activating group) is 1. The summed E-state index contributed by atoms with van der Waals surface area (Å²) in [6.07, 6.45) is 0.648. The van der Waals surface area contributed by atoms with Crippen molar-refractivity contribution in [1.29, 1.82) is 0 Å². The zero-order valence-corrected chi connectivity index (χ0v) is 18.8. The van der Waals surface area contributed by atoms with Crippen molar-refractivity contribution in [2.24, 2.45) is 0 Å². The molecule has 1 aromatic heterocycles. The predicted molar refractivity (Wildman–Crippen MR) is 114 cm³/mol. The van der Waals surface area contributed by atoms with Crippen LogP contribution in [0.3, 0.4) is 0 Å². The van der Waals surface area contributed by atoms with Gasteiger partial charge in [-0.1, -0.05) is 30.1 Å². The Morgan fingerprint density at radius 3 is 2.68 bits per heavy atom. The van der Waals surface area contributed by atoms with E-state index in [1.165, 1.54) is 6.07 Å². The third-order valence-electron chi connectivity index (χ3n) is 7.15. The fourth-order valence-electron chi connectivity index (χ4n) is 5.36. The first kappa shape index (κ1) is 22.8. The van der Waals surface area contributed by atoms with E-state index in [-0.39, 0.29) is 41.3 Å². The van der Waals surface area contributed by atoms with Gasteiger partial charge in [0, 0.05) is 23.7 Å². The maximum atomic E-state index is 13.3. The van der Waals surface area contributed by atoms with Gasteiger partial charge in [0.25, 0.3) is 5.91 Å². The number of carbonyl (C=O) groups is 2. The summed E-state index contributed by atoms with van der Waals surface area (Å²) in [4.78, 5) is 33.5. The normalized spacial score (nSPS) is 25.6. The SMILES string of the molecule is CN1CCC[C@H]1C(=O)N[C@@H]1CCCC[C@H]1N1Cc2ccc(-c3noc(C(F)(F)F)n3)cc2C1=O. The number of nitrogens with one attached hydrogen (secondary N) is 1. The molecule has 1 N–H and O–H groups in total. The lowest BCUT2D eigenvalue weighted by Crippen LogP contribution is -2.56. The number of halogens is 3. The third kappa shape index (κ3) is 4.17. The van der Waals surface area contributed by atoms with E-state index >= 15 is 0 Å². The lowest BCUT2D eigenvalue weighted by Gasteiger charge is -2.39. The Kier molecular flexibility index (Phi) is 5.83. The van der Waals surface area contributed by atoms with Gasteiger partial charge in [-0.25, -0.2) is 0 Å². The Labute approximate surface area is 194 Å². The summed E-state index contributed by atoms with van der Waals surface area (Å²) in [5.74, 6) is -1.82. The van der Waals surface area contributed by atoms with Crippen molar-refractivity contribution in [2.75, 3.05) is 13.6 Å². The van der Waals surface area contributed by atoms with E-state index in [0.717, 1.165) is 50.6 Å². The molecule has 1 aromatic carbocycles. The van der Waals surface area contributed by atoms with E-state index in [0.29, 0.717) is 12.1 Å². The van der Waals surface area contributed by atoms with Crippen LogP contribution in [0.4, 0.5) is 13.2 Å². The molecule has 0 radical (unpaired) electrons. The molecule has 1 saturated carbocycles. The van der Waals surface area contributed by atoms with Crippen molar-refractivity contribution in [1.82, 2.24) is 25.3 Å². The number of aromatic nitrogens is 2. The van der Waals surface area contributed by atoms with Crippen molar-refractivity contribution in [3.63, 3.8) is 0 Å². The Morgan fingerprint density at radius 1 is 1.18 bits per heavy atom.